The third-order valence-electron chi connectivity index (χ3n) is 5.41. The molecule has 1 aromatic carbocycles. The number of amides is 2. The van der Waals surface area contributed by atoms with Gasteiger partial charge in [-0.1, -0.05) is 38.1 Å². The van der Waals surface area contributed by atoms with Gasteiger partial charge in [-0.2, -0.15) is 0 Å². The van der Waals surface area contributed by atoms with Gasteiger partial charge in [0.2, 0.25) is 5.91 Å². The molecule has 1 N–H and O–H groups in total. The molecule has 1 fully saturated rings. The molecular weight excluding hydrogens is 344 g/mol. The first kappa shape index (κ1) is 17.3. The quantitative estimate of drug-likeness (QED) is 0.899. The van der Waals surface area contributed by atoms with Crippen molar-refractivity contribution in [2.45, 2.75) is 51.1 Å². The van der Waals surface area contributed by atoms with Gasteiger partial charge in [0.05, 0.1) is 11.6 Å². The third-order valence-corrected chi connectivity index (χ3v) is 6.65. The number of hydrogen-bond donors (Lipinski definition) is 1. The number of thiophene rings is 1. The van der Waals surface area contributed by atoms with Gasteiger partial charge in [0.25, 0.3) is 5.91 Å². The number of carbonyl (C=O) groups excluding carboxylic acids is 2. The first-order valence-electron chi connectivity index (χ1n) is 9.27. The van der Waals surface area contributed by atoms with Crippen LogP contribution in [-0.2, 0) is 17.6 Å². The second kappa shape index (κ2) is 6.88. The lowest BCUT2D eigenvalue weighted by Gasteiger charge is -2.24. The highest BCUT2D eigenvalue weighted by Crippen LogP contribution is 2.28. The van der Waals surface area contributed by atoms with Gasteiger partial charge in [0.15, 0.2) is 0 Å². The van der Waals surface area contributed by atoms with Gasteiger partial charge in [0, 0.05) is 29.3 Å². The summed E-state index contributed by atoms with van der Waals surface area (Å²) < 4.78 is 0. The van der Waals surface area contributed by atoms with Crippen LogP contribution in [0.2, 0.25) is 0 Å². The van der Waals surface area contributed by atoms with Crippen molar-refractivity contribution in [3.63, 3.8) is 0 Å². The monoisotopic (exact) mass is 368 g/mol. The van der Waals surface area contributed by atoms with E-state index in [0.717, 1.165) is 12.8 Å². The highest BCUT2D eigenvalue weighted by molar-refractivity contribution is 7.10. The number of nitrogens with zero attached hydrogens (tertiary/aromatic N) is 1. The molecule has 0 saturated carbocycles. The summed E-state index contributed by atoms with van der Waals surface area (Å²) >= 11 is 1.62. The summed E-state index contributed by atoms with van der Waals surface area (Å²) in [6, 6.07) is 10.5. The van der Waals surface area contributed by atoms with Crippen LogP contribution in [0.5, 0.6) is 0 Å². The van der Waals surface area contributed by atoms with Crippen LogP contribution in [-0.4, -0.2) is 35.3 Å². The average molecular weight is 369 g/mol. The summed E-state index contributed by atoms with van der Waals surface area (Å²) in [5, 5.41) is 4.97. The van der Waals surface area contributed by atoms with Crippen molar-refractivity contribution in [1.82, 2.24) is 10.2 Å². The lowest BCUT2D eigenvalue weighted by atomic mass is 10.1. The molecule has 0 radical (unpaired) electrons. The summed E-state index contributed by atoms with van der Waals surface area (Å²) in [4.78, 5) is 28.2. The Balaban J connectivity index is 1.38. The largest absolute Gasteiger partial charge is 0.347 e. The summed E-state index contributed by atoms with van der Waals surface area (Å²) in [5.41, 5.74) is 3.40. The van der Waals surface area contributed by atoms with Crippen molar-refractivity contribution in [3.05, 3.63) is 57.3 Å². The van der Waals surface area contributed by atoms with Gasteiger partial charge in [-0.15, -0.1) is 11.3 Å². The second-order valence-electron chi connectivity index (χ2n) is 7.64. The second-order valence-corrected chi connectivity index (χ2v) is 8.59. The number of carbonyl (C=O) groups is 2. The molecule has 2 amide bonds. The molecule has 1 aromatic heterocycles. The van der Waals surface area contributed by atoms with E-state index >= 15 is 0 Å². The SMILES string of the molecule is CC(C)c1cc(C(=O)N[C@H]2CC(=O)N(C3Cc4ccccc4C3)C2)cs1. The predicted molar refractivity (Wildman–Crippen MR) is 104 cm³/mol. The highest BCUT2D eigenvalue weighted by Gasteiger charge is 2.37. The smallest absolute Gasteiger partial charge is 0.252 e. The molecule has 2 heterocycles. The van der Waals surface area contributed by atoms with Crippen LogP contribution < -0.4 is 5.32 Å². The maximum Gasteiger partial charge on any atom is 0.252 e. The van der Waals surface area contributed by atoms with E-state index in [0.29, 0.717) is 24.4 Å². The van der Waals surface area contributed by atoms with E-state index < -0.39 is 0 Å². The Hall–Kier alpha value is -2.14. The molecule has 5 heteroatoms. The van der Waals surface area contributed by atoms with E-state index in [1.54, 1.807) is 11.3 Å². The lowest BCUT2D eigenvalue weighted by Crippen LogP contribution is -2.41. The van der Waals surface area contributed by atoms with E-state index in [1.807, 2.05) is 16.3 Å². The zero-order chi connectivity index (χ0) is 18.3. The van der Waals surface area contributed by atoms with Gasteiger partial charge in [-0.3, -0.25) is 9.59 Å². The van der Waals surface area contributed by atoms with E-state index in [2.05, 4.69) is 43.4 Å². The molecule has 0 unspecified atom stereocenters. The highest BCUT2D eigenvalue weighted by atomic mass is 32.1. The zero-order valence-electron chi connectivity index (χ0n) is 15.2. The van der Waals surface area contributed by atoms with E-state index in [1.165, 1.54) is 16.0 Å². The molecule has 2 aliphatic rings. The molecule has 0 bridgehead atoms. The van der Waals surface area contributed by atoms with Crippen molar-refractivity contribution in [2.24, 2.45) is 0 Å². The number of likely N-dealkylation sites (tertiary alicyclic amines) is 1. The minimum atomic E-state index is -0.0962. The standard InChI is InChI=1S/C21H24N2O2S/c1-13(2)19-9-16(12-26-19)21(25)22-17-10-20(24)23(11-17)18-7-14-5-3-4-6-15(14)8-18/h3-6,9,12-13,17-18H,7-8,10-11H2,1-2H3,(H,22,25)/t17-/m0/s1. The third kappa shape index (κ3) is 3.28. The predicted octanol–water partition coefficient (Wildman–Crippen LogP) is 3.37. The first-order valence-corrected chi connectivity index (χ1v) is 10.1. The van der Waals surface area contributed by atoms with E-state index in [9.17, 15) is 9.59 Å². The maximum atomic E-state index is 12.5. The molecule has 1 atom stereocenters. The van der Waals surface area contributed by atoms with Gasteiger partial charge in [0.1, 0.15) is 0 Å². The van der Waals surface area contributed by atoms with Crippen LogP contribution in [0.3, 0.4) is 0 Å². The Kier molecular flexibility index (Phi) is 4.57. The van der Waals surface area contributed by atoms with Gasteiger partial charge in [-0.25, -0.2) is 0 Å². The van der Waals surface area contributed by atoms with Crippen LogP contribution in [0.15, 0.2) is 35.7 Å². The first-order chi connectivity index (χ1) is 12.5. The normalized spacial score (nSPS) is 20.0. The van der Waals surface area contributed by atoms with Crippen molar-refractivity contribution in [3.8, 4) is 0 Å². The van der Waals surface area contributed by atoms with Crippen LogP contribution in [0, 0.1) is 0 Å². The Morgan fingerprint density at radius 2 is 1.88 bits per heavy atom. The van der Waals surface area contributed by atoms with Crippen molar-refractivity contribution < 1.29 is 9.59 Å². The van der Waals surface area contributed by atoms with Crippen molar-refractivity contribution in [1.29, 1.82) is 0 Å². The topological polar surface area (TPSA) is 49.4 Å². The van der Waals surface area contributed by atoms with Crippen LogP contribution in [0.4, 0.5) is 0 Å². The van der Waals surface area contributed by atoms with Crippen LogP contribution in [0.1, 0.15) is 52.5 Å². The number of fused-ring (bicyclic) bond motifs is 1. The molecule has 136 valence electrons. The minimum Gasteiger partial charge on any atom is -0.347 e. The molecule has 4 rings (SSSR count). The Morgan fingerprint density at radius 3 is 2.50 bits per heavy atom. The number of hydrogen-bond acceptors (Lipinski definition) is 3. The fourth-order valence-corrected chi connectivity index (χ4v) is 4.89. The van der Waals surface area contributed by atoms with Crippen LogP contribution in [0.25, 0.3) is 0 Å². The fourth-order valence-electron chi connectivity index (χ4n) is 3.98. The summed E-state index contributed by atoms with van der Waals surface area (Å²) in [5.74, 6) is 0.512. The zero-order valence-corrected chi connectivity index (χ0v) is 16.0. The maximum absolute atomic E-state index is 12.5. The Bertz CT molecular complexity index is 817. The molecule has 2 aromatic rings. The number of rotatable bonds is 4. The van der Waals surface area contributed by atoms with Gasteiger partial charge in [-0.05, 0) is 36.0 Å². The summed E-state index contributed by atoms with van der Waals surface area (Å²) in [6.45, 7) is 4.87. The lowest BCUT2D eigenvalue weighted by molar-refractivity contribution is -0.129. The number of benzene rings is 1. The van der Waals surface area contributed by atoms with Crippen molar-refractivity contribution in [2.75, 3.05) is 6.54 Å². The molecule has 4 nitrogen and oxygen atoms in total. The molecule has 1 aliphatic heterocycles. The van der Waals surface area contributed by atoms with E-state index in [-0.39, 0.29) is 23.9 Å². The van der Waals surface area contributed by atoms with E-state index in [4.69, 9.17) is 0 Å². The summed E-state index contributed by atoms with van der Waals surface area (Å²) in [7, 11) is 0. The minimum absolute atomic E-state index is 0.0671. The summed E-state index contributed by atoms with van der Waals surface area (Å²) in [6.07, 6.45) is 2.25. The Labute approximate surface area is 158 Å². The molecule has 1 aliphatic carbocycles. The molecular formula is C21H24N2O2S. The average Bonchev–Trinajstić information content (AvgIpc) is 3.31. The molecule has 0 spiro atoms. The van der Waals surface area contributed by atoms with Crippen molar-refractivity contribution >= 4 is 23.2 Å². The van der Waals surface area contributed by atoms with Crippen LogP contribution >= 0.6 is 11.3 Å². The van der Waals surface area contributed by atoms with Gasteiger partial charge >= 0.3 is 0 Å². The number of nitrogens with one attached hydrogen (secondary N) is 1. The fraction of sp³-hybridized carbons (Fsp3) is 0.429. The van der Waals surface area contributed by atoms with Gasteiger partial charge < -0.3 is 10.2 Å². The molecule has 26 heavy (non-hydrogen) atoms. The molecule has 1 saturated heterocycles. The Morgan fingerprint density at radius 1 is 1.19 bits per heavy atom.